The summed E-state index contributed by atoms with van der Waals surface area (Å²) in [6.45, 7) is 5.24. The lowest BCUT2D eigenvalue weighted by Gasteiger charge is -2.30. The van der Waals surface area contributed by atoms with E-state index in [1.54, 1.807) is 0 Å². The van der Waals surface area contributed by atoms with Crippen LogP contribution in [0.25, 0.3) is 0 Å². The fourth-order valence-corrected chi connectivity index (χ4v) is 2.80. The highest BCUT2D eigenvalue weighted by Crippen LogP contribution is 2.28. The molecular weight excluding hydrogens is 222 g/mol. The van der Waals surface area contributed by atoms with Crippen molar-refractivity contribution in [2.75, 3.05) is 11.4 Å². The van der Waals surface area contributed by atoms with Gasteiger partial charge in [0.1, 0.15) is 0 Å². The molecule has 0 spiro atoms. The summed E-state index contributed by atoms with van der Waals surface area (Å²) in [5, 5.41) is 0. The van der Waals surface area contributed by atoms with Crippen LogP contribution in [0.3, 0.4) is 0 Å². The van der Waals surface area contributed by atoms with E-state index in [1.165, 1.54) is 5.56 Å². The molecule has 0 N–H and O–H groups in total. The van der Waals surface area contributed by atoms with Crippen molar-refractivity contribution in [1.82, 2.24) is 0 Å². The van der Waals surface area contributed by atoms with Gasteiger partial charge in [0.2, 0.25) is 5.91 Å². The van der Waals surface area contributed by atoms with E-state index in [1.807, 2.05) is 11.0 Å². The monoisotopic (exact) mass is 245 g/mol. The Morgan fingerprint density at radius 3 is 2.94 bits per heavy atom. The first-order valence-corrected chi connectivity index (χ1v) is 7.10. The van der Waals surface area contributed by atoms with Gasteiger partial charge in [0, 0.05) is 18.7 Å². The second-order valence-corrected chi connectivity index (χ2v) is 5.38. The molecule has 0 aromatic heterocycles. The summed E-state index contributed by atoms with van der Waals surface area (Å²) in [6.07, 6.45) is 5.17. The van der Waals surface area contributed by atoms with E-state index in [4.69, 9.17) is 0 Å². The first kappa shape index (κ1) is 13.1. The lowest BCUT2D eigenvalue weighted by molar-refractivity contribution is -0.119. The number of fused-ring (bicyclic) bond motifs is 1. The summed E-state index contributed by atoms with van der Waals surface area (Å²) < 4.78 is 0. The molecule has 0 saturated carbocycles. The van der Waals surface area contributed by atoms with Gasteiger partial charge in [-0.2, -0.15) is 0 Å². The molecule has 0 saturated heterocycles. The second-order valence-electron chi connectivity index (χ2n) is 5.38. The van der Waals surface area contributed by atoms with Crippen molar-refractivity contribution in [3.8, 4) is 0 Å². The average molecular weight is 245 g/mol. The van der Waals surface area contributed by atoms with Crippen LogP contribution in [0, 0.1) is 5.92 Å². The number of aryl methyl sites for hydroxylation is 1. The van der Waals surface area contributed by atoms with Crippen molar-refractivity contribution >= 4 is 11.6 Å². The van der Waals surface area contributed by atoms with Crippen molar-refractivity contribution in [3.63, 3.8) is 0 Å². The van der Waals surface area contributed by atoms with Gasteiger partial charge in [0.15, 0.2) is 0 Å². The Morgan fingerprint density at radius 2 is 2.17 bits per heavy atom. The smallest absolute Gasteiger partial charge is 0.227 e. The van der Waals surface area contributed by atoms with Crippen LogP contribution in [0.15, 0.2) is 24.3 Å². The van der Waals surface area contributed by atoms with Gasteiger partial charge in [-0.3, -0.25) is 4.79 Å². The fourth-order valence-electron chi connectivity index (χ4n) is 2.80. The molecule has 1 aromatic carbocycles. The minimum Gasteiger partial charge on any atom is -0.312 e. The molecule has 0 radical (unpaired) electrons. The Hall–Kier alpha value is -1.31. The van der Waals surface area contributed by atoms with E-state index in [9.17, 15) is 4.79 Å². The number of amides is 1. The zero-order valence-electron chi connectivity index (χ0n) is 11.5. The first-order chi connectivity index (χ1) is 8.72. The molecule has 0 aliphatic carbocycles. The topological polar surface area (TPSA) is 20.3 Å². The molecule has 1 aliphatic rings. The lowest BCUT2D eigenvalue weighted by Crippen LogP contribution is -2.36. The highest BCUT2D eigenvalue weighted by Gasteiger charge is 2.22. The summed E-state index contributed by atoms with van der Waals surface area (Å²) in [5.41, 5.74) is 2.46. The number of carbonyl (C=O) groups excluding carboxylic acids is 1. The molecule has 2 heteroatoms. The molecule has 98 valence electrons. The summed E-state index contributed by atoms with van der Waals surface area (Å²) >= 11 is 0. The quantitative estimate of drug-likeness (QED) is 0.790. The van der Waals surface area contributed by atoms with E-state index in [-0.39, 0.29) is 0 Å². The Bertz CT molecular complexity index is 413. The van der Waals surface area contributed by atoms with Gasteiger partial charge < -0.3 is 4.90 Å². The van der Waals surface area contributed by atoms with E-state index < -0.39 is 0 Å². The summed E-state index contributed by atoms with van der Waals surface area (Å²) in [5.74, 6) is 0.791. The zero-order valence-corrected chi connectivity index (χ0v) is 11.5. The van der Waals surface area contributed by atoms with Crippen LogP contribution in [0.4, 0.5) is 5.69 Å². The maximum atomic E-state index is 12.4. The number of rotatable bonds is 4. The summed E-state index contributed by atoms with van der Waals surface area (Å²) in [6, 6.07) is 8.31. The van der Waals surface area contributed by atoms with Crippen LogP contribution >= 0.6 is 0 Å². The standard InChI is InChI=1S/C16H23NO/c1-3-7-13(2)12-16(18)17-11-6-9-14-8-4-5-10-15(14)17/h4-5,8,10,13H,3,6-7,9,11-12H2,1-2H3. The van der Waals surface area contributed by atoms with E-state index >= 15 is 0 Å². The largest absolute Gasteiger partial charge is 0.312 e. The van der Waals surface area contributed by atoms with E-state index in [0.29, 0.717) is 18.2 Å². The number of hydrogen-bond donors (Lipinski definition) is 0. The molecular formula is C16H23NO. The van der Waals surface area contributed by atoms with Crippen molar-refractivity contribution in [2.24, 2.45) is 5.92 Å². The first-order valence-electron chi connectivity index (χ1n) is 7.10. The highest BCUT2D eigenvalue weighted by atomic mass is 16.2. The Kier molecular flexibility index (Phi) is 4.40. The fraction of sp³-hybridized carbons (Fsp3) is 0.562. The number of benzene rings is 1. The van der Waals surface area contributed by atoms with Gasteiger partial charge in [-0.25, -0.2) is 0 Å². The molecule has 2 rings (SSSR count). The Morgan fingerprint density at radius 1 is 1.39 bits per heavy atom. The number of anilines is 1. The number of carbonyl (C=O) groups is 1. The van der Waals surface area contributed by atoms with Gasteiger partial charge >= 0.3 is 0 Å². The van der Waals surface area contributed by atoms with Crippen LogP contribution in [-0.2, 0) is 11.2 Å². The molecule has 1 amide bonds. The third-order valence-corrected chi connectivity index (χ3v) is 3.72. The van der Waals surface area contributed by atoms with Crippen molar-refractivity contribution in [2.45, 2.75) is 46.0 Å². The van der Waals surface area contributed by atoms with Crippen LogP contribution in [-0.4, -0.2) is 12.5 Å². The minimum atomic E-state index is 0.295. The van der Waals surface area contributed by atoms with Crippen LogP contribution in [0.5, 0.6) is 0 Å². The number of hydrogen-bond acceptors (Lipinski definition) is 1. The Balaban J connectivity index is 2.08. The van der Waals surface area contributed by atoms with Gasteiger partial charge in [0.25, 0.3) is 0 Å². The molecule has 18 heavy (non-hydrogen) atoms. The van der Waals surface area contributed by atoms with E-state index in [0.717, 1.165) is 37.9 Å². The Labute approximate surface area is 110 Å². The van der Waals surface area contributed by atoms with Crippen LogP contribution in [0.2, 0.25) is 0 Å². The molecule has 2 nitrogen and oxygen atoms in total. The number of nitrogens with zero attached hydrogens (tertiary/aromatic N) is 1. The summed E-state index contributed by atoms with van der Waals surface area (Å²) in [7, 11) is 0. The maximum absolute atomic E-state index is 12.4. The normalized spacial score (nSPS) is 16.2. The molecule has 0 bridgehead atoms. The molecule has 1 unspecified atom stereocenters. The number of para-hydroxylation sites is 1. The molecule has 1 aromatic rings. The molecule has 0 fully saturated rings. The minimum absolute atomic E-state index is 0.295. The van der Waals surface area contributed by atoms with Crippen molar-refractivity contribution in [3.05, 3.63) is 29.8 Å². The SMILES string of the molecule is CCCC(C)CC(=O)N1CCCc2ccccc21. The molecule has 1 heterocycles. The predicted octanol–water partition coefficient (Wildman–Crippen LogP) is 3.79. The molecule has 1 atom stereocenters. The third kappa shape index (κ3) is 2.92. The van der Waals surface area contributed by atoms with Crippen molar-refractivity contribution in [1.29, 1.82) is 0 Å². The average Bonchev–Trinajstić information content (AvgIpc) is 2.38. The zero-order chi connectivity index (χ0) is 13.0. The second kappa shape index (κ2) is 6.03. The van der Waals surface area contributed by atoms with Crippen LogP contribution < -0.4 is 4.90 Å². The van der Waals surface area contributed by atoms with Gasteiger partial charge in [-0.05, 0) is 30.4 Å². The highest BCUT2D eigenvalue weighted by molar-refractivity contribution is 5.94. The molecule has 1 aliphatic heterocycles. The van der Waals surface area contributed by atoms with Crippen LogP contribution in [0.1, 0.15) is 45.1 Å². The van der Waals surface area contributed by atoms with Gasteiger partial charge in [-0.15, -0.1) is 0 Å². The van der Waals surface area contributed by atoms with E-state index in [2.05, 4.69) is 32.0 Å². The van der Waals surface area contributed by atoms with Gasteiger partial charge in [0.05, 0.1) is 0 Å². The van der Waals surface area contributed by atoms with Crippen molar-refractivity contribution < 1.29 is 4.79 Å². The maximum Gasteiger partial charge on any atom is 0.227 e. The van der Waals surface area contributed by atoms with Gasteiger partial charge in [-0.1, -0.05) is 44.9 Å². The predicted molar refractivity (Wildman–Crippen MR) is 75.8 cm³/mol. The summed E-state index contributed by atoms with van der Waals surface area (Å²) in [4.78, 5) is 14.4. The lowest BCUT2D eigenvalue weighted by atomic mass is 9.98. The third-order valence-electron chi connectivity index (χ3n) is 3.72.